The van der Waals surface area contributed by atoms with Crippen LogP contribution in [0.1, 0.15) is 10.4 Å². The normalized spacial score (nSPS) is 15.1. The first kappa shape index (κ1) is 16.6. The second-order valence-corrected chi connectivity index (χ2v) is 6.76. The molecule has 5 heteroatoms. The molecule has 4 nitrogen and oxygen atoms in total. The van der Waals surface area contributed by atoms with Gasteiger partial charge < -0.3 is 14.5 Å². The van der Waals surface area contributed by atoms with E-state index in [-0.39, 0.29) is 5.91 Å². The van der Waals surface area contributed by atoms with Crippen LogP contribution < -0.4 is 9.64 Å². The summed E-state index contributed by atoms with van der Waals surface area (Å²) in [5.41, 5.74) is 2.36. The highest BCUT2D eigenvalue weighted by Gasteiger charge is 2.20. The van der Waals surface area contributed by atoms with Crippen molar-refractivity contribution in [2.75, 3.05) is 38.2 Å². The van der Waals surface area contributed by atoms with Crippen molar-refractivity contribution in [1.82, 2.24) is 4.90 Å². The molecule has 0 spiro atoms. The Kier molecular flexibility index (Phi) is 5.20. The molecule has 1 saturated heterocycles. The van der Waals surface area contributed by atoms with E-state index in [1.54, 1.807) is 24.5 Å². The summed E-state index contributed by atoms with van der Waals surface area (Å²) in [7, 11) is 1.68. The minimum Gasteiger partial charge on any atom is -0.497 e. The van der Waals surface area contributed by atoms with Gasteiger partial charge in [0, 0.05) is 48.9 Å². The first-order chi connectivity index (χ1) is 11.7. The van der Waals surface area contributed by atoms with E-state index in [1.807, 2.05) is 34.6 Å². The van der Waals surface area contributed by atoms with Gasteiger partial charge in [-0.25, -0.2) is 0 Å². The molecular formula is C19H22N2O2S. The maximum Gasteiger partial charge on any atom is 0.246 e. The molecule has 2 aromatic rings. The summed E-state index contributed by atoms with van der Waals surface area (Å²) >= 11 is 1.66. The summed E-state index contributed by atoms with van der Waals surface area (Å²) in [6.07, 6.45) is 3.62. The van der Waals surface area contributed by atoms with Crippen LogP contribution >= 0.6 is 11.3 Å². The third-order valence-corrected chi connectivity index (χ3v) is 5.27. The van der Waals surface area contributed by atoms with Gasteiger partial charge in [-0.2, -0.15) is 0 Å². The summed E-state index contributed by atoms with van der Waals surface area (Å²) in [6.45, 7) is 5.22. The molecule has 0 aliphatic carbocycles. The zero-order valence-electron chi connectivity index (χ0n) is 14.1. The van der Waals surface area contributed by atoms with Crippen LogP contribution in [0.25, 0.3) is 6.08 Å². The van der Waals surface area contributed by atoms with Crippen LogP contribution in [-0.4, -0.2) is 44.1 Å². The molecule has 0 unspecified atom stereocenters. The quantitative estimate of drug-likeness (QED) is 0.798. The fraction of sp³-hybridized carbons (Fsp3) is 0.316. The predicted molar refractivity (Wildman–Crippen MR) is 99.9 cm³/mol. The summed E-state index contributed by atoms with van der Waals surface area (Å²) in [5.74, 6) is 0.952. The molecule has 1 fully saturated rings. The van der Waals surface area contributed by atoms with Crippen LogP contribution in [-0.2, 0) is 4.79 Å². The molecule has 1 aliphatic heterocycles. The molecule has 0 bridgehead atoms. The number of carbonyl (C=O) groups is 1. The van der Waals surface area contributed by atoms with Crippen molar-refractivity contribution >= 4 is 29.0 Å². The van der Waals surface area contributed by atoms with Crippen LogP contribution in [0.5, 0.6) is 5.75 Å². The Morgan fingerprint density at radius 1 is 1.21 bits per heavy atom. The Balaban J connectivity index is 1.57. The second-order valence-electron chi connectivity index (χ2n) is 5.82. The van der Waals surface area contributed by atoms with Crippen LogP contribution in [0.4, 0.5) is 5.69 Å². The average Bonchev–Trinajstić information content (AvgIpc) is 3.05. The molecule has 126 valence electrons. The maximum atomic E-state index is 12.4. The Labute approximate surface area is 147 Å². The molecule has 0 atom stereocenters. The predicted octanol–water partition coefficient (Wildman–Crippen LogP) is 3.43. The van der Waals surface area contributed by atoms with E-state index in [9.17, 15) is 4.79 Å². The van der Waals surface area contributed by atoms with Gasteiger partial charge in [-0.1, -0.05) is 6.07 Å². The van der Waals surface area contributed by atoms with Crippen molar-refractivity contribution in [3.63, 3.8) is 0 Å². The van der Waals surface area contributed by atoms with E-state index in [2.05, 4.69) is 24.0 Å². The molecule has 1 aliphatic rings. The highest BCUT2D eigenvalue weighted by molar-refractivity contribution is 7.11. The standard InChI is InChI=1S/C19H22N2O2S/c1-15-8-13-24-18(15)6-7-19(22)21-11-9-20(10-12-21)16-4-3-5-17(14-16)23-2/h3-8,13-14H,9-12H2,1-2H3/b7-6+. The van der Waals surface area contributed by atoms with Gasteiger partial charge in [-0.15, -0.1) is 11.3 Å². The fourth-order valence-electron chi connectivity index (χ4n) is 2.80. The van der Waals surface area contributed by atoms with Crippen molar-refractivity contribution in [3.8, 4) is 5.75 Å². The summed E-state index contributed by atoms with van der Waals surface area (Å²) in [6, 6.07) is 10.1. The lowest BCUT2D eigenvalue weighted by Gasteiger charge is -2.35. The Bertz CT molecular complexity index is 730. The van der Waals surface area contributed by atoms with Gasteiger partial charge in [-0.05, 0) is 42.1 Å². The van der Waals surface area contributed by atoms with Gasteiger partial charge in [-0.3, -0.25) is 4.79 Å². The van der Waals surface area contributed by atoms with Crippen LogP contribution in [0.2, 0.25) is 0 Å². The lowest BCUT2D eigenvalue weighted by molar-refractivity contribution is -0.126. The number of ether oxygens (including phenoxy) is 1. The van der Waals surface area contributed by atoms with E-state index in [4.69, 9.17) is 4.74 Å². The number of benzene rings is 1. The molecule has 0 saturated carbocycles. The Morgan fingerprint density at radius 3 is 2.67 bits per heavy atom. The smallest absolute Gasteiger partial charge is 0.246 e. The summed E-state index contributed by atoms with van der Waals surface area (Å²) in [5, 5.41) is 2.05. The molecule has 24 heavy (non-hydrogen) atoms. The van der Waals surface area contributed by atoms with Crippen molar-refractivity contribution in [1.29, 1.82) is 0 Å². The minimum absolute atomic E-state index is 0.0908. The number of thiophene rings is 1. The first-order valence-corrected chi connectivity index (χ1v) is 8.95. The average molecular weight is 342 g/mol. The third-order valence-electron chi connectivity index (χ3n) is 4.29. The largest absolute Gasteiger partial charge is 0.497 e. The van der Waals surface area contributed by atoms with Gasteiger partial charge in [0.2, 0.25) is 5.91 Å². The number of methoxy groups -OCH3 is 1. The molecule has 3 rings (SSSR count). The van der Waals surface area contributed by atoms with Crippen molar-refractivity contribution in [3.05, 3.63) is 52.2 Å². The number of nitrogens with zero attached hydrogens (tertiary/aromatic N) is 2. The molecule has 1 amide bonds. The van der Waals surface area contributed by atoms with Gasteiger partial charge in [0.15, 0.2) is 0 Å². The van der Waals surface area contributed by atoms with E-state index < -0.39 is 0 Å². The molecule has 0 N–H and O–H groups in total. The minimum atomic E-state index is 0.0908. The topological polar surface area (TPSA) is 32.8 Å². The Hall–Kier alpha value is -2.27. The molecule has 1 aromatic heterocycles. The van der Waals surface area contributed by atoms with Crippen molar-refractivity contribution < 1.29 is 9.53 Å². The second kappa shape index (κ2) is 7.53. The molecule has 0 radical (unpaired) electrons. The summed E-state index contributed by atoms with van der Waals surface area (Å²) in [4.78, 5) is 17.7. The fourth-order valence-corrected chi connectivity index (χ4v) is 3.62. The van der Waals surface area contributed by atoms with Gasteiger partial charge >= 0.3 is 0 Å². The molecule has 1 aromatic carbocycles. The van der Waals surface area contributed by atoms with Crippen LogP contribution in [0.3, 0.4) is 0 Å². The van der Waals surface area contributed by atoms with Gasteiger partial charge in [0.05, 0.1) is 7.11 Å². The van der Waals surface area contributed by atoms with E-state index in [0.717, 1.165) is 42.5 Å². The number of hydrogen-bond donors (Lipinski definition) is 0. The lowest BCUT2D eigenvalue weighted by atomic mass is 10.2. The first-order valence-electron chi connectivity index (χ1n) is 8.07. The highest BCUT2D eigenvalue weighted by Crippen LogP contribution is 2.22. The monoisotopic (exact) mass is 342 g/mol. The van der Waals surface area contributed by atoms with Gasteiger partial charge in [0.1, 0.15) is 5.75 Å². The molecule has 2 heterocycles. The van der Waals surface area contributed by atoms with E-state index >= 15 is 0 Å². The maximum absolute atomic E-state index is 12.4. The van der Waals surface area contributed by atoms with Crippen LogP contribution in [0, 0.1) is 6.92 Å². The highest BCUT2D eigenvalue weighted by atomic mass is 32.1. The third kappa shape index (κ3) is 3.79. The van der Waals surface area contributed by atoms with E-state index in [0.29, 0.717) is 0 Å². The number of aryl methyl sites for hydroxylation is 1. The van der Waals surface area contributed by atoms with E-state index in [1.165, 1.54) is 5.56 Å². The Morgan fingerprint density at radius 2 is 2.00 bits per heavy atom. The zero-order chi connectivity index (χ0) is 16.9. The number of amides is 1. The van der Waals surface area contributed by atoms with Crippen molar-refractivity contribution in [2.45, 2.75) is 6.92 Å². The van der Waals surface area contributed by atoms with Gasteiger partial charge in [0.25, 0.3) is 0 Å². The molecular weight excluding hydrogens is 320 g/mol. The number of hydrogen-bond acceptors (Lipinski definition) is 4. The van der Waals surface area contributed by atoms with Crippen molar-refractivity contribution in [2.24, 2.45) is 0 Å². The number of piperazine rings is 1. The number of anilines is 1. The summed E-state index contributed by atoms with van der Waals surface area (Å²) < 4.78 is 5.28. The lowest BCUT2D eigenvalue weighted by Crippen LogP contribution is -2.48. The number of carbonyl (C=O) groups excluding carboxylic acids is 1. The number of rotatable bonds is 4. The zero-order valence-corrected chi connectivity index (χ0v) is 14.9. The van der Waals surface area contributed by atoms with Crippen LogP contribution in [0.15, 0.2) is 41.8 Å². The SMILES string of the molecule is COc1cccc(N2CCN(C(=O)/C=C/c3sccc3C)CC2)c1.